The minimum atomic E-state index is -1.29. The Balaban J connectivity index is 2.13. The molecule has 0 spiro atoms. The minimum Gasteiger partial charge on any atom is -0.478 e. The number of Topliss-reactive ketones (excluding diaryl/α,β-unsaturated/α-hetero) is 1. The zero-order valence-corrected chi connectivity index (χ0v) is 17.3. The lowest BCUT2D eigenvalue weighted by Gasteiger charge is -2.23. The van der Waals surface area contributed by atoms with E-state index in [0.717, 1.165) is 6.07 Å². The number of aromatic carboxylic acids is 1. The monoisotopic (exact) mass is 435 g/mol. The standard InChI is InChI=1S/C25H19F2NO4/c1-11(2)24(29)13-4-5-14(15(7-13)25(30)31)23-16-8-18(26)12(3)6-21(16)32-22-10-20(28)19(27)9-17(22)23/h4-11H,3,28H2,1-2H3,(H,30,31). The Bertz CT molecular complexity index is 1430. The number of fused-ring (bicyclic) bond motifs is 2. The van der Waals surface area contributed by atoms with Crippen molar-refractivity contribution in [3.8, 4) is 11.5 Å². The summed E-state index contributed by atoms with van der Waals surface area (Å²) in [5, 5.41) is 10.2. The molecule has 1 heterocycles. The van der Waals surface area contributed by atoms with Crippen LogP contribution in [0.3, 0.4) is 0 Å². The lowest BCUT2D eigenvalue weighted by atomic mass is 9.87. The molecule has 3 aromatic carbocycles. The van der Waals surface area contributed by atoms with Crippen molar-refractivity contribution in [3.63, 3.8) is 0 Å². The van der Waals surface area contributed by atoms with E-state index in [1.165, 1.54) is 36.4 Å². The number of rotatable bonds is 4. The van der Waals surface area contributed by atoms with Gasteiger partial charge in [-0.25, -0.2) is 13.6 Å². The number of anilines is 1. The second kappa shape index (κ2) is 7.60. The van der Waals surface area contributed by atoms with E-state index in [4.69, 9.17) is 10.5 Å². The van der Waals surface area contributed by atoms with Gasteiger partial charge in [-0.3, -0.25) is 4.79 Å². The smallest absolute Gasteiger partial charge is 0.336 e. The first-order chi connectivity index (χ1) is 15.1. The Morgan fingerprint density at radius 2 is 1.72 bits per heavy atom. The topological polar surface area (TPSA) is 89.6 Å². The molecule has 3 aromatic rings. The summed E-state index contributed by atoms with van der Waals surface area (Å²) in [5.41, 5.74) is 6.24. The molecule has 5 nitrogen and oxygen atoms in total. The molecule has 0 saturated heterocycles. The highest BCUT2D eigenvalue weighted by Gasteiger charge is 2.26. The minimum absolute atomic E-state index is 0.0815. The average Bonchev–Trinajstić information content (AvgIpc) is 2.73. The zero-order chi connectivity index (χ0) is 23.3. The number of ketones is 1. The Labute approximate surface area is 182 Å². The second-order valence-electron chi connectivity index (χ2n) is 7.87. The van der Waals surface area contributed by atoms with Gasteiger partial charge in [-0.1, -0.05) is 32.6 Å². The van der Waals surface area contributed by atoms with Crippen LogP contribution >= 0.6 is 0 Å². The predicted molar refractivity (Wildman–Crippen MR) is 116 cm³/mol. The highest BCUT2D eigenvalue weighted by molar-refractivity contribution is 6.03. The van der Waals surface area contributed by atoms with E-state index in [0.29, 0.717) is 0 Å². The van der Waals surface area contributed by atoms with E-state index in [2.05, 4.69) is 6.58 Å². The van der Waals surface area contributed by atoms with Gasteiger partial charge >= 0.3 is 5.97 Å². The number of carboxylic acids is 1. The van der Waals surface area contributed by atoms with Crippen LogP contribution < -0.4 is 20.9 Å². The van der Waals surface area contributed by atoms with Crippen molar-refractivity contribution in [2.24, 2.45) is 5.92 Å². The molecule has 1 aliphatic rings. The Hall–Kier alpha value is -4.00. The van der Waals surface area contributed by atoms with Crippen LogP contribution in [0.1, 0.15) is 45.7 Å². The first-order valence-corrected chi connectivity index (χ1v) is 9.80. The molecule has 162 valence electrons. The summed E-state index contributed by atoms with van der Waals surface area (Å²) in [7, 11) is 0. The molecule has 32 heavy (non-hydrogen) atoms. The molecule has 0 aromatic heterocycles. The first-order valence-electron chi connectivity index (χ1n) is 9.80. The fourth-order valence-corrected chi connectivity index (χ4v) is 3.70. The van der Waals surface area contributed by atoms with E-state index >= 15 is 0 Å². The summed E-state index contributed by atoms with van der Waals surface area (Å²) in [6, 6.07) is 9.21. The van der Waals surface area contributed by atoms with E-state index in [-0.39, 0.29) is 67.2 Å². The largest absolute Gasteiger partial charge is 0.478 e. The molecule has 0 fully saturated rings. The Kier molecular flexibility index (Phi) is 5.05. The van der Waals surface area contributed by atoms with Crippen LogP contribution in [-0.4, -0.2) is 16.9 Å². The van der Waals surface area contributed by atoms with Gasteiger partial charge in [0.2, 0.25) is 0 Å². The first kappa shape index (κ1) is 21.2. The summed E-state index contributed by atoms with van der Waals surface area (Å²) in [5.74, 6) is -2.78. The molecule has 0 radical (unpaired) electrons. The van der Waals surface area contributed by atoms with Gasteiger partial charge in [-0.05, 0) is 29.8 Å². The molecular weight excluding hydrogens is 416 g/mol. The molecule has 0 saturated carbocycles. The quantitative estimate of drug-likeness (QED) is 0.376. The van der Waals surface area contributed by atoms with Crippen molar-refractivity contribution < 1.29 is 28.2 Å². The molecule has 1 aliphatic heterocycles. The van der Waals surface area contributed by atoms with Gasteiger partial charge in [-0.15, -0.1) is 0 Å². The molecule has 4 rings (SSSR count). The van der Waals surface area contributed by atoms with Gasteiger partial charge in [0.1, 0.15) is 23.1 Å². The van der Waals surface area contributed by atoms with Gasteiger partial charge in [0.05, 0.1) is 11.3 Å². The highest BCUT2D eigenvalue weighted by Crippen LogP contribution is 2.39. The number of halogens is 2. The van der Waals surface area contributed by atoms with Crippen molar-refractivity contribution in [2.45, 2.75) is 13.8 Å². The normalized spacial score (nSPS) is 12.2. The van der Waals surface area contributed by atoms with Crippen molar-refractivity contribution >= 4 is 29.6 Å². The van der Waals surface area contributed by atoms with E-state index in [1.807, 2.05) is 0 Å². The molecule has 3 N–H and O–H groups in total. The maximum absolute atomic E-state index is 14.4. The third-order valence-corrected chi connectivity index (χ3v) is 5.33. The summed E-state index contributed by atoms with van der Waals surface area (Å²) in [6.45, 7) is 7.05. The lowest BCUT2D eigenvalue weighted by Crippen LogP contribution is -2.23. The molecule has 7 heteroatoms. The number of hydrogen-bond donors (Lipinski definition) is 2. The van der Waals surface area contributed by atoms with Crippen molar-refractivity contribution in [1.82, 2.24) is 0 Å². The Morgan fingerprint density at radius 1 is 1.00 bits per heavy atom. The van der Waals surface area contributed by atoms with Crippen molar-refractivity contribution in [3.05, 3.63) is 86.8 Å². The molecule has 0 aliphatic carbocycles. The van der Waals surface area contributed by atoms with Crippen molar-refractivity contribution in [2.75, 3.05) is 5.73 Å². The fourth-order valence-electron chi connectivity index (χ4n) is 3.70. The van der Waals surface area contributed by atoms with Gasteiger partial charge in [-0.2, -0.15) is 0 Å². The highest BCUT2D eigenvalue weighted by atomic mass is 19.1. The number of nitrogens with two attached hydrogens (primary N) is 1. The maximum atomic E-state index is 14.4. The average molecular weight is 435 g/mol. The van der Waals surface area contributed by atoms with Gasteiger partial charge in [0, 0.05) is 39.1 Å². The van der Waals surface area contributed by atoms with Crippen LogP contribution in [0.5, 0.6) is 11.5 Å². The number of carboxylic acid groups (broad SMARTS) is 1. The zero-order valence-electron chi connectivity index (χ0n) is 17.3. The number of nitrogen functional groups attached to an aromatic ring is 1. The van der Waals surface area contributed by atoms with E-state index in [9.17, 15) is 23.5 Å². The number of carbonyl (C=O) groups is 2. The van der Waals surface area contributed by atoms with Crippen LogP contribution in [0.25, 0.3) is 12.2 Å². The van der Waals surface area contributed by atoms with Crippen LogP contribution in [0.4, 0.5) is 14.5 Å². The maximum Gasteiger partial charge on any atom is 0.336 e. The lowest BCUT2D eigenvalue weighted by molar-refractivity contribution is 0.0696. The summed E-state index contributed by atoms with van der Waals surface area (Å²) < 4.78 is 34.7. The van der Waals surface area contributed by atoms with Crippen LogP contribution in [0.15, 0.2) is 42.5 Å². The van der Waals surface area contributed by atoms with Gasteiger partial charge < -0.3 is 15.6 Å². The third kappa shape index (κ3) is 3.41. The van der Waals surface area contributed by atoms with E-state index < -0.39 is 17.6 Å². The molecule has 0 atom stereocenters. The van der Waals surface area contributed by atoms with Crippen LogP contribution in [0, 0.1) is 17.6 Å². The number of ether oxygens (including phenoxy) is 1. The molecule has 0 unspecified atom stereocenters. The Morgan fingerprint density at radius 3 is 2.38 bits per heavy atom. The fraction of sp³-hybridized carbons (Fsp3) is 0.120. The van der Waals surface area contributed by atoms with Gasteiger partial charge in [0.15, 0.2) is 5.78 Å². The summed E-state index contributed by atoms with van der Waals surface area (Å²) >= 11 is 0. The SMILES string of the molecule is C=c1cc2c(cc1F)=C(c1ccc(C(=O)C(C)C)cc1C(=O)O)c1cc(F)c(N)cc1O2. The number of benzene rings is 3. The molecule has 0 amide bonds. The molecular formula is C25H19F2NO4. The number of carbonyl (C=O) groups excluding carboxylic acids is 1. The third-order valence-electron chi connectivity index (χ3n) is 5.33. The van der Waals surface area contributed by atoms with Crippen molar-refractivity contribution in [1.29, 1.82) is 0 Å². The molecule has 0 bridgehead atoms. The number of hydrogen-bond acceptors (Lipinski definition) is 4. The van der Waals surface area contributed by atoms with Gasteiger partial charge in [0.25, 0.3) is 0 Å². The van der Waals surface area contributed by atoms with Crippen LogP contribution in [-0.2, 0) is 0 Å². The second-order valence-corrected chi connectivity index (χ2v) is 7.87. The predicted octanol–water partition coefficient (Wildman–Crippen LogP) is 3.85. The summed E-state index contributed by atoms with van der Waals surface area (Å²) in [6.07, 6.45) is 0. The van der Waals surface area contributed by atoms with E-state index in [1.54, 1.807) is 13.8 Å². The summed E-state index contributed by atoms with van der Waals surface area (Å²) in [4.78, 5) is 24.6. The van der Waals surface area contributed by atoms with Crippen LogP contribution in [0.2, 0.25) is 0 Å².